The normalized spacial score (nSPS) is 16.9. The van der Waals surface area contributed by atoms with Gasteiger partial charge in [-0.05, 0) is 55.0 Å². The number of likely N-dealkylation sites (tertiary alicyclic amines) is 1. The zero-order valence-corrected chi connectivity index (χ0v) is 18.1. The number of rotatable bonds is 4. The van der Waals surface area contributed by atoms with Crippen molar-refractivity contribution in [3.8, 4) is 16.9 Å². The number of aromatic nitrogens is 1. The molecule has 1 aliphatic heterocycles. The van der Waals surface area contributed by atoms with E-state index in [0.717, 1.165) is 22.1 Å². The molecule has 0 N–H and O–H groups in total. The summed E-state index contributed by atoms with van der Waals surface area (Å²) in [6.45, 7) is 3.36. The van der Waals surface area contributed by atoms with E-state index in [9.17, 15) is 13.6 Å². The average Bonchev–Trinajstić information content (AvgIpc) is 2.74. The van der Waals surface area contributed by atoms with Crippen molar-refractivity contribution in [3.05, 3.63) is 59.4 Å². The third-order valence-electron chi connectivity index (χ3n) is 5.61. The summed E-state index contributed by atoms with van der Waals surface area (Å²) in [5, 5.41) is 1.94. The van der Waals surface area contributed by atoms with Gasteiger partial charge in [0.1, 0.15) is 10.9 Å². The number of piperidine rings is 1. The first-order valence-electron chi connectivity index (χ1n) is 10.2. The van der Waals surface area contributed by atoms with E-state index in [1.165, 1.54) is 4.90 Å². The zero-order chi connectivity index (χ0) is 22.2. The van der Waals surface area contributed by atoms with Gasteiger partial charge in [-0.3, -0.25) is 4.79 Å². The molecule has 0 bridgehead atoms. The Morgan fingerprint density at radius 2 is 1.97 bits per heavy atom. The van der Waals surface area contributed by atoms with Gasteiger partial charge in [-0.2, -0.15) is 0 Å². The number of fused-ring (bicyclic) bond motifs is 1. The van der Waals surface area contributed by atoms with Gasteiger partial charge in [0.25, 0.3) is 11.8 Å². The Balaban J connectivity index is 1.60. The molecule has 4 rings (SSSR count). The summed E-state index contributed by atoms with van der Waals surface area (Å²) in [6, 6.07) is 13.4. The molecule has 0 radical (unpaired) electrons. The smallest absolute Gasteiger partial charge is 0.265 e. The summed E-state index contributed by atoms with van der Waals surface area (Å²) in [6.07, 6.45) is 0.948. The number of halogens is 3. The van der Waals surface area contributed by atoms with E-state index in [4.69, 9.17) is 16.3 Å². The van der Waals surface area contributed by atoms with Crippen molar-refractivity contribution >= 4 is 28.3 Å². The largest absolute Gasteiger partial charge is 0.481 e. The fraction of sp³-hybridized carbons (Fsp3) is 0.333. The van der Waals surface area contributed by atoms with E-state index in [2.05, 4.69) is 4.98 Å². The minimum Gasteiger partial charge on any atom is -0.481 e. The Labute approximate surface area is 184 Å². The molecule has 0 unspecified atom stereocenters. The average molecular weight is 445 g/mol. The first kappa shape index (κ1) is 21.5. The number of hydrogen-bond acceptors (Lipinski definition) is 3. The fourth-order valence-electron chi connectivity index (χ4n) is 4.02. The molecule has 3 aromatic rings. The van der Waals surface area contributed by atoms with E-state index in [-0.39, 0.29) is 12.8 Å². The van der Waals surface area contributed by atoms with E-state index in [1.807, 2.05) is 37.3 Å². The van der Waals surface area contributed by atoms with Crippen LogP contribution in [0.2, 0.25) is 5.15 Å². The van der Waals surface area contributed by atoms with Crippen molar-refractivity contribution < 1.29 is 18.3 Å². The van der Waals surface area contributed by atoms with Gasteiger partial charge >= 0.3 is 0 Å². The summed E-state index contributed by atoms with van der Waals surface area (Å²) >= 11 is 6.36. The van der Waals surface area contributed by atoms with Gasteiger partial charge in [0, 0.05) is 30.1 Å². The quantitative estimate of drug-likeness (QED) is 0.471. The maximum absolute atomic E-state index is 13.7. The van der Waals surface area contributed by atoms with Gasteiger partial charge in [-0.25, -0.2) is 13.8 Å². The van der Waals surface area contributed by atoms with Crippen molar-refractivity contribution in [2.45, 2.75) is 38.7 Å². The van der Waals surface area contributed by atoms with Crippen LogP contribution in [-0.4, -0.2) is 40.9 Å². The first-order chi connectivity index (χ1) is 14.7. The Morgan fingerprint density at radius 1 is 1.19 bits per heavy atom. The molecule has 1 aliphatic rings. The fourth-order valence-corrected chi connectivity index (χ4v) is 4.22. The van der Waals surface area contributed by atoms with E-state index < -0.39 is 24.5 Å². The Kier molecular flexibility index (Phi) is 5.84. The van der Waals surface area contributed by atoms with Gasteiger partial charge in [-0.1, -0.05) is 35.9 Å². The molecule has 0 saturated carbocycles. The number of pyridine rings is 1. The lowest BCUT2D eigenvalue weighted by Crippen LogP contribution is -2.49. The number of carbonyl (C=O) groups excluding carboxylic acids is 1. The number of ether oxygens (including phenoxy) is 1. The summed E-state index contributed by atoms with van der Waals surface area (Å²) in [5.41, 5.74) is 3.12. The van der Waals surface area contributed by atoms with Crippen LogP contribution in [0.25, 0.3) is 21.9 Å². The van der Waals surface area contributed by atoms with Crippen LogP contribution in [0.15, 0.2) is 48.7 Å². The highest BCUT2D eigenvalue weighted by atomic mass is 35.5. The van der Waals surface area contributed by atoms with Crippen molar-refractivity contribution in [1.29, 1.82) is 0 Å². The van der Waals surface area contributed by atoms with Crippen LogP contribution in [-0.2, 0) is 4.79 Å². The first-order valence-corrected chi connectivity index (χ1v) is 10.6. The molecule has 4 nitrogen and oxygen atoms in total. The predicted molar refractivity (Wildman–Crippen MR) is 118 cm³/mol. The Bertz CT molecular complexity index is 1140. The van der Waals surface area contributed by atoms with Crippen LogP contribution in [0.4, 0.5) is 8.78 Å². The lowest BCUT2D eigenvalue weighted by molar-refractivity contribution is -0.148. The van der Waals surface area contributed by atoms with Crippen LogP contribution in [0, 0.1) is 6.92 Å². The standard InChI is InChI=1S/C24H23ClF2N2O2/c1-15-6-3-4-7-18(15)21-13-28-22(25)20-12-17(8-9-19(20)21)31-16(2)23(30)29-11-5-10-24(26,27)14-29/h3-4,6-9,12-13,16H,5,10-11,14H2,1-2H3/t16-/m1/s1. The van der Waals surface area contributed by atoms with Crippen molar-refractivity contribution in [3.63, 3.8) is 0 Å². The molecular weight excluding hydrogens is 422 g/mol. The van der Waals surface area contributed by atoms with Crippen LogP contribution in [0.1, 0.15) is 25.3 Å². The van der Waals surface area contributed by atoms with Gasteiger partial charge in [0.2, 0.25) is 0 Å². The summed E-state index contributed by atoms with van der Waals surface area (Å²) in [7, 11) is 0. The molecule has 0 spiro atoms. The lowest BCUT2D eigenvalue weighted by Gasteiger charge is -2.33. The highest BCUT2D eigenvalue weighted by Crippen LogP contribution is 2.35. The molecular formula is C24H23ClF2N2O2. The summed E-state index contributed by atoms with van der Waals surface area (Å²) in [4.78, 5) is 18.1. The predicted octanol–water partition coefficient (Wildman–Crippen LogP) is 5.89. The minimum absolute atomic E-state index is 0.189. The SMILES string of the molecule is Cc1ccccc1-c1cnc(Cl)c2cc(O[C@H](C)C(=O)N3CCCC(F)(F)C3)ccc12. The molecule has 2 heterocycles. The number of aryl methyl sites for hydroxylation is 1. The second-order valence-corrected chi connectivity index (χ2v) is 8.32. The minimum atomic E-state index is -2.85. The topological polar surface area (TPSA) is 42.4 Å². The molecule has 31 heavy (non-hydrogen) atoms. The van der Waals surface area contributed by atoms with Crippen LogP contribution >= 0.6 is 11.6 Å². The number of benzene rings is 2. The van der Waals surface area contributed by atoms with Crippen molar-refractivity contribution in [2.24, 2.45) is 0 Å². The van der Waals surface area contributed by atoms with Crippen LogP contribution in [0.5, 0.6) is 5.75 Å². The van der Waals surface area contributed by atoms with Gasteiger partial charge in [0.15, 0.2) is 6.10 Å². The number of amides is 1. The highest BCUT2D eigenvalue weighted by molar-refractivity contribution is 6.34. The Morgan fingerprint density at radius 3 is 2.71 bits per heavy atom. The summed E-state index contributed by atoms with van der Waals surface area (Å²) in [5.74, 6) is -2.86. The highest BCUT2D eigenvalue weighted by Gasteiger charge is 2.38. The van der Waals surface area contributed by atoms with Crippen LogP contribution < -0.4 is 4.74 Å². The molecule has 1 atom stereocenters. The number of nitrogens with zero attached hydrogens (tertiary/aromatic N) is 2. The van der Waals surface area contributed by atoms with E-state index in [0.29, 0.717) is 22.8 Å². The number of hydrogen-bond donors (Lipinski definition) is 0. The number of alkyl halides is 2. The third kappa shape index (κ3) is 4.49. The molecule has 1 aromatic heterocycles. The van der Waals surface area contributed by atoms with Crippen molar-refractivity contribution in [1.82, 2.24) is 9.88 Å². The van der Waals surface area contributed by atoms with Gasteiger partial charge in [-0.15, -0.1) is 0 Å². The maximum Gasteiger partial charge on any atom is 0.265 e. The van der Waals surface area contributed by atoms with Gasteiger partial charge < -0.3 is 9.64 Å². The summed E-state index contributed by atoms with van der Waals surface area (Å²) < 4.78 is 33.2. The number of carbonyl (C=O) groups is 1. The van der Waals surface area contributed by atoms with Crippen LogP contribution in [0.3, 0.4) is 0 Å². The molecule has 0 aliphatic carbocycles. The van der Waals surface area contributed by atoms with E-state index >= 15 is 0 Å². The van der Waals surface area contributed by atoms with Gasteiger partial charge in [0.05, 0.1) is 6.54 Å². The maximum atomic E-state index is 13.7. The Hall–Kier alpha value is -2.73. The van der Waals surface area contributed by atoms with E-state index in [1.54, 1.807) is 25.3 Å². The lowest BCUT2D eigenvalue weighted by atomic mass is 9.97. The third-order valence-corrected chi connectivity index (χ3v) is 5.91. The second-order valence-electron chi connectivity index (χ2n) is 7.96. The molecule has 1 amide bonds. The molecule has 2 aromatic carbocycles. The molecule has 1 saturated heterocycles. The molecule has 162 valence electrons. The molecule has 7 heteroatoms. The van der Waals surface area contributed by atoms with Crippen molar-refractivity contribution in [2.75, 3.05) is 13.1 Å². The second kappa shape index (κ2) is 8.42. The zero-order valence-electron chi connectivity index (χ0n) is 17.4. The molecule has 1 fully saturated rings. The monoisotopic (exact) mass is 444 g/mol.